The number of hydrogen-bond donors (Lipinski definition) is 2. The minimum Gasteiger partial charge on any atom is -0.326 e. The van der Waals surface area contributed by atoms with Crippen molar-refractivity contribution in [3.8, 4) is 0 Å². The van der Waals surface area contributed by atoms with Crippen molar-refractivity contribution in [2.75, 3.05) is 6.54 Å². The van der Waals surface area contributed by atoms with E-state index in [0.29, 0.717) is 17.6 Å². The number of unbranched alkanes of at least 4 members (excludes halogenated alkanes) is 2. The first-order chi connectivity index (χ1) is 8.51. The lowest BCUT2D eigenvalue weighted by Crippen LogP contribution is -2.25. The molecule has 0 radical (unpaired) electrons. The van der Waals surface area contributed by atoms with Crippen LogP contribution in [-0.2, 0) is 16.6 Å². The molecule has 1 aromatic rings. The van der Waals surface area contributed by atoms with Gasteiger partial charge in [0.15, 0.2) is 0 Å². The van der Waals surface area contributed by atoms with E-state index in [1.807, 2.05) is 0 Å². The molecule has 0 bridgehead atoms. The van der Waals surface area contributed by atoms with E-state index < -0.39 is 10.0 Å². The normalized spacial score (nSPS) is 11.7. The molecular formula is C12H19BrN2O2S. The maximum Gasteiger partial charge on any atom is 0.241 e. The first-order valence-corrected chi connectivity index (χ1v) is 8.27. The van der Waals surface area contributed by atoms with Crippen LogP contribution >= 0.6 is 15.9 Å². The van der Waals surface area contributed by atoms with Crippen LogP contribution in [0.2, 0.25) is 0 Å². The molecule has 0 saturated carbocycles. The number of halogens is 1. The lowest BCUT2D eigenvalue weighted by atomic mass is 10.2. The summed E-state index contributed by atoms with van der Waals surface area (Å²) in [5.74, 6) is 0. The SMILES string of the molecule is CCCCCNS(=O)(=O)c1cc(CN)ccc1Br. The minimum absolute atomic E-state index is 0.252. The second kappa shape index (κ2) is 7.23. The standard InChI is InChI=1S/C12H19BrN2O2S/c1-2-3-4-7-15-18(16,17)12-8-10(9-14)5-6-11(12)13/h5-6,8,15H,2-4,7,9,14H2,1H3. The predicted molar refractivity (Wildman–Crippen MR) is 76.7 cm³/mol. The fourth-order valence-corrected chi connectivity index (χ4v) is 3.63. The van der Waals surface area contributed by atoms with E-state index in [4.69, 9.17) is 5.73 Å². The summed E-state index contributed by atoms with van der Waals surface area (Å²) in [6.07, 6.45) is 2.94. The molecule has 0 aliphatic carbocycles. The van der Waals surface area contributed by atoms with E-state index in [1.165, 1.54) is 0 Å². The summed E-state index contributed by atoms with van der Waals surface area (Å²) in [4.78, 5) is 0.252. The van der Waals surface area contributed by atoms with Gasteiger partial charge < -0.3 is 5.73 Å². The highest BCUT2D eigenvalue weighted by Crippen LogP contribution is 2.23. The number of nitrogens with one attached hydrogen (secondary N) is 1. The summed E-state index contributed by atoms with van der Waals surface area (Å²) < 4.78 is 27.4. The molecule has 0 atom stereocenters. The maximum atomic E-state index is 12.1. The maximum absolute atomic E-state index is 12.1. The molecule has 0 unspecified atom stereocenters. The van der Waals surface area contributed by atoms with Gasteiger partial charge >= 0.3 is 0 Å². The molecular weight excluding hydrogens is 316 g/mol. The van der Waals surface area contributed by atoms with Crippen molar-refractivity contribution in [1.82, 2.24) is 4.72 Å². The third-order valence-electron chi connectivity index (χ3n) is 2.59. The van der Waals surface area contributed by atoms with E-state index >= 15 is 0 Å². The molecule has 0 fully saturated rings. The van der Waals surface area contributed by atoms with E-state index in [9.17, 15) is 8.42 Å². The van der Waals surface area contributed by atoms with Gasteiger partial charge in [-0.3, -0.25) is 0 Å². The molecule has 1 aromatic carbocycles. The first-order valence-electron chi connectivity index (χ1n) is 5.99. The van der Waals surface area contributed by atoms with Crippen LogP contribution in [0.3, 0.4) is 0 Å². The van der Waals surface area contributed by atoms with Gasteiger partial charge in [-0.25, -0.2) is 13.1 Å². The molecule has 102 valence electrons. The number of rotatable bonds is 7. The molecule has 0 aliphatic heterocycles. The van der Waals surface area contributed by atoms with Crippen molar-refractivity contribution in [3.63, 3.8) is 0 Å². The number of nitrogens with two attached hydrogens (primary N) is 1. The highest BCUT2D eigenvalue weighted by molar-refractivity contribution is 9.10. The van der Waals surface area contributed by atoms with Crippen LogP contribution in [0, 0.1) is 0 Å². The second-order valence-corrected chi connectivity index (χ2v) is 6.66. The van der Waals surface area contributed by atoms with Gasteiger partial charge in [0, 0.05) is 17.6 Å². The van der Waals surface area contributed by atoms with Crippen LogP contribution in [0.4, 0.5) is 0 Å². The van der Waals surface area contributed by atoms with E-state index in [0.717, 1.165) is 24.8 Å². The van der Waals surface area contributed by atoms with Crippen LogP contribution in [0.1, 0.15) is 31.7 Å². The van der Waals surface area contributed by atoms with Crippen molar-refractivity contribution >= 4 is 26.0 Å². The monoisotopic (exact) mass is 334 g/mol. The zero-order valence-electron chi connectivity index (χ0n) is 10.4. The Hall–Kier alpha value is -0.430. The Balaban J connectivity index is 2.83. The molecule has 1 rings (SSSR count). The fourth-order valence-electron chi connectivity index (χ4n) is 1.54. The molecule has 0 spiro atoms. The fraction of sp³-hybridized carbons (Fsp3) is 0.500. The minimum atomic E-state index is -3.46. The molecule has 0 heterocycles. The third-order valence-corrected chi connectivity index (χ3v) is 5.05. The van der Waals surface area contributed by atoms with Gasteiger partial charge in [-0.05, 0) is 40.0 Å². The summed E-state index contributed by atoms with van der Waals surface area (Å²) in [6.45, 7) is 2.87. The molecule has 4 nitrogen and oxygen atoms in total. The summed E-state index contributed by atoms with van der Waals surface area (Å²) >= 11 is 3.26. The highest BCUT2D eigenvalue weighted by atomic mass is 79.9. The van der Waals surface area contributed by atoms with Crippen molar-refractivity contribution in [2.24, 2.45) is 5.73 Å². The zero-order valence-corrected chi connectivity index (χ0v) is 12.9. The molecule has 18 heavy (non-hydrogen) atoms. The van der Waals surface area contributed by atoms with Gasteiger partial charge in [-0.1, -0.05) is 25.8 Å². The molecule has 0 aliphatic rings. The largest absolute Gasteiger partial charge is 0.326 e. The Morgan fingerprint density at radius 1 is 1.33 bits per heavy atom. The van der Waals surface area contributed by atoms with Gasteiger partial charge in [0.1, 0.15) is 0 Å². The topological polar surface area (TPSA) is 72.2 Å². The lowest BCUT2D eigenvalue weighted by Gasteiger charge is -2.09. The van der Waals surface area contributed by atoms with Gasteiger partial charge in [-0.2, -0.15) is 0 Å². The third kappa shape index (κ3) is 4.35. The Bertz CT molecular complexity index is 489. The van der Waals surface area contributed by atoms with E-state index in [1.54, 1.807) is 18.2 Å². The Labute approximate surface area is 117 Å². The summed E-state index contributed by atoms with van der Waals surface area (Å²) in [5.41, 5.74) is 6.32. The molecule has 0 amide bonds. The second-order valence-electron chi connectivity index (χ2n) is 4.07. The molecule has 0 saturated heterocycles. The van der Waals surface area contributed by atoms with Gasteiger partial charge in [0.25, 0.3) is 0 Å². The van der Waals surface area contributed by atoms with Crippen LogP contribution in [0.25, 0.3) is 0 Å². The Morgan fingerprint density at radius 3 is 2.67 bits per heavy atom. The summed E-state index contributed by atoms with van der Waals surface area (Å²) in [5, 5.41) is 0. The van der Waals surface area contributed by atoms with Crippen LogP contribution < -0.4 is 10.5 Å². The number of sulfonamides is 1. The average molecular weight is 335 g/mol. The van der Waals surface area contributed by atoms with Gasteiger partial charge in [0.05, 0.1) is 4.90 Å². The zero-order chi connectivity index (χ0) is 13.6. The van der Waals surface area contributed by atoms with Crippen molar-refractivity contribution < 1.29 is 8.42 Å². The van der Waals surface area contributed by atoms with Gasteiger partial charge in [-0.15, -0.1) is 0 Å². The van der Waals surface area contributed by atoms with Gasteiger partial charge in [0.2, 0.25) is 10.0 Å². The number of benzene rings is 1. The smallest absolute Gasteiger partial charge is 0.241 e. The molecule has 6 heteroatoms. The van der Waals surface area contributed by atoms with Crippen molar-refractivity contribution in [3.05, 3.63) is 28.2 Å². The highest BCUT2D eigenvalue weighted by Gasteiger charge is 2.17. The molecule has 0 aromatic heterocycles. The van der Waals surface area contributed by atoms with E-state index in [-0.39, 0.29) is 4.90 Å². The number of hydrogen-bond acceptors (Lipinski definition) is 3. The van der Waals surface area contributed by atoms with Crippen molar-refractivity contribution in [2.45, 2.75) is 37.6 Å². The van der Waals surface area contributed by atoms with Crippen molar-refractivity contribution in [1.29, 1.82) is 0 Å². The molecule has 3 N–H and O–H groups in total. The predicted octanol–water partition coefficient (Wildman–Crippen LogP) is 2.38. The van der Waals surface area contributed by atoms with Crippen LogP contribution in [0.15, 0.2) is 27.6 Å². The average Bonchev–Trinajstić information content (AvgIpc) is 2.35. The lowest BCUT2D eigenvalue weighted by molar-refractivity contribution is 0.575. The first kappa shape index (κ1) is 15.6. The van der Waals surface area contributed by atoms with Crippen LogP contribution in [-0.4, -0.2) is 15.0 Å². The summed E-state index contributed by atoms with van der Waals surface area (Å²) in [6, 6.07) is 5.12. The Morgan fingerprint density at radius 2 is 2.06 bits per heavy atom. The quantitative estimate of drug-likeness (QED) is 0.752. The van der Waals surface area contributed by atoms with E-state index in [2.05, 4.69) is 27.6 Å². The Kier molecular flexibility index (Phi) is 6.28. The van der Waals surface area contributed by atoms with Crippen LogP contribution in [0.5, 0.6) is 0 Å². The summed E-state index contributed by atoms with van der Waals surface area (Å²) in [7, 11) is -3.46.